The molecule has 0 bridgehead atoms. The van der Waals surface area contributed by atoms with Gasteiger partial charge in [-0.05, 0) is 109 Å². The van der Waals surface area contributed by atoms with E-state index in [1.807, 2.05) is 0 Å². The van der Waals surface area contributed by atoms with E-state index in [0.717, 1.165) is 83.5 Å². The van der Waals surface area contributed by atoms with Gasteiger partial charge in [-0.2, -0.15) is 0 Å². The molecular formula is C73H130O6. The molecule has 0 aliphatic carbocycles. The lowest BCUT2D eigenvalue weighted by molar-refractivity contribution is -0.167. The van der Waals surface area contributed by atoms with Crippen LogP contribution in [0.2, 0.25) is 0 Å². The van der Waals surface area contributed by atoms with E-state index >= 15 is 0 Å². The van der Waals surface area contributed by atoms with Gasteiger partial charge in [-0.25, -0.2) is 0 Å². The van der Waals surface area contributed by atoms with Gasteiger partial charge in [-0.1, -0.05) is 299 Å². The van der Waals surface area contributed by atoms with Crippen molar-refractivity contribution in [3.8, 4) is 0 Å². The topological polar surface area (TPSA) is 78.9 Å². The highest BCUT2D eigenvalue weighted by Gasteiger charge is 2.19. The molecule has 0 fully saturated rings. The predicted molar refractivity (Wildman–Crippen MR) is 344 cm³/mol. The minimum absolute atomic E-state index is 0.0920. The third-order valence-electron chi connectivity index (χ3n) is 15.2. The zero-order valence-corrected chi connectivity index (χ0v) is 52.6. The number of hydrogen-bond donors (Lipinski definition) is 0. The summed E-state index contributed by atoms with van der Waals surface area (Å²) in [5, 5.41) is 0. The summed E-state index contributed by atoms with van der Waals surface area (Å²) in [6, 6.07) is 0. The van der Waals surface area contributed by atoms with Gasteiger partial charge >= 0.3 is 17.9 Å². The Morgan fingerprint density at radius 1 is 0.266 bits per heavy atom. The fraction of sp³-hybridized carbons (Fsp3) is 0.795. The first-order valence-electron chi connectivity index (χ1n) is 34.4. The second kappa shape index (κ2) is 67.4. The number of unbranched alkanes of at least 4 members (excludes halogenated alkanes) is 40. The van der Waals surface area contributed by atoms with Gasteiger partial charge in [0.15, 0.2) is 6.10 Å². The average Bonchev–Trinajstić information content (AvgIpc) is 3.45. The maximum atomic E-state index is 12.9. The predicted octanol–water partition coefficient (Wildman–Crippen LogP) is 23.7. The Hall–Kier alpha value is -3.15. The van der Waals surface area contributed by atoms with Gasteiger partial charge in [0.25, 0.3) is 0 Å². The smallest absolute Gasteiger partial charge is 0.306 e. The van der Waals surface area contributed by atoms with E-state index in [2.05, 4.69) is 93.7 Å². The molecule has 0 rings (SSSR count). The molecule has 0 aliphatic rings. The van der Waals surface area contributed by atoms with Gasteiger partial charge in [0, 0.05) is 19.3 Å². The zero-order valence-electron chi connectivity index (χ0n) is 52.6. The van der Waals surface area contributed by atoms with E-state index in [0.29, 0.717) is 19.3 Å². The lowest BCUT2D eigenvalue weighted by atomic mass is 10.0. The number of carbonyl (C=O) groups is 3. The Kier molecular flexibility index (Phi) is 64.7. The van der Waals surface area contributed by atoms with Crippen LogP contribution in [0.1, 0.15) is 355 Å². The van der Waals surface area contributed by atoms with E-state index in [9.17, 15) is 14.4 Å². The van der Waals surface area contributed by atoms with Crippen LogP contribution < -0.4 is 0 Å². The van der Waals surface area contributed by atoms with E-state index in [1.54, 1.807) is 0 Å². The molecule has 0 amide bonds. The standard InChI is InChI=1S/C73H130O6/c1-4-7-10-13-16-19-22-25-27-28-29-30-31-32-33-34-35-36-37-38-39-40-41-42-43-44-46-48-51-54-57-60-63-66-72(75)78-69-70(68-77-71(74)65-62-59-56-53-50-47-24-21-18-15-12-9-6-3)79-73(76)67-64-61-58-55-52-49-45-26-23-20-17-14-11-8-5-2/h8,11,17,20-21,24,26,28-29,45,52,55,70H,4-7,9-10,12-16,18-19,22-23,25,27,30-44,46-51,53-54,56-69H2,1-3H3/b11-8-,20-17-,24-21-,29-28-,45-26-,55-52-. The Morgan fingerprint density at radius 2 is 0.494 bits per heavy atom. The lowest BCUT2D eigenvalue weighted by Gasteiger charge is -2.18. The normalized spacial score (nSPS) is 12.5. The number of esters is 3. The monoisotopic (exact) mass is 1100 g/mol. The van der Waals surface area contributed by atoms with Crippen molar-refractivity contribution in [3.05, 3.63) is 72.9 Å². The molecule has 0 aromatic carbocycles. The molecule has 0 aromatic heterocycles. The summed E-state index contributed by atoms with van der Waals surface area (Å²) in [6.07, 6.45) is 88.1. The molecule has 0 saturated heterocycles. The summed E-state index contributed by atoms with van der Waals surface area (Å²) in [5.41, 5.74) is 0. The number of allylic oxidation sites excluding steroid dienone is 12. The maximum Gasteiger partial charge on any atom is 0.306 e. The van der Waals surface area contributed by atoms with E-state index < -0.39 is 6.10 Å². The summed E-state index contributed by atoms with van der Waals surface area (Å²) in [7, 11) is 0. The van der Waals surface area contributed by atoms with E-state index in [4.69, 9.17) is 14.2 Å². The van der Waals surface area contributed by atoms with Crippen LogP contribution >= 0.6 is 0 Å². The van der Waals surface area contributed by atoms with Crippen molar-refractivity contribution in [3.63, 3.8) is 0 Å². The molecule has 0 N–H and O–H groups in total. The van der Waals surface area contributed by atoms with Crippen LogP contribution in [0.15, 0.2) is 72.9 Å². The summed E-state index contributed by atoms with van der Waals surface area (Å²) >= 11 is 0. The van der Waals surface area contributed by atoms with Crippen LogP contribution in [-0.2, 0) is 28.6 Å². The minimum atomic E-state index is -0.800. The van der Waals surface area contributed by atoms with Gasteiger partial charge in [-0.3, -0.25) is 14.4 Å². The molecule has 0 aliphatic heterocycles. The van der Waals surface area contributed by atoms with Crippen molar-refractivity contribution in [2.24, 2.45) is 0 Å². The molecule has 6 nitrogen and oxygen atoms in total. The molecule has 0 aromatic rings. The highest BCUT2D eigenvalue weighted by atomic mass is 16.6. The van der Waals surface area contributed by atoms with Crippen LogP contribution in [0, 0.1) is 0 Å². The van der Waals surface area contributed by atoms with Gasteiger partial charge < -0.3 is 14.2 Å². The maximum absolute atomic E-state index is 12.9. The van der Waals surface area contributed by atoms with Gasteiger partial charge in [-0.15, -0.1) is 0 Å². The number of carbonyl (C=O) groups excluding carboxylic acids is 3. The van der Waals surface area contributed by atoms with Crippen LogP contribution in [0.5, 0.6) is 0 Å². The SMILES string of the molecule is CC/C=C\C/C=C\C/C=C\C/C=C\CCCCC(=O)OC(COC(=O)CCCCCCC/C=C\CCCCCC)COC(=O)CCCCCCCCCCCCCCCCCCCCCCC/C=C\CCCCCCCCCC. The molecule has 0 heterocycles. The first kappa shape index (κ1) is 75.8. The third kappa shape index (κ3) is 65.5. The van der Waals surface area contributed by atoms with Gasteiger partial charge in [0.1, 0.15) is 13.2 Å². The molecule has 79 heavy (non-hydrogen) atoms. The second-order valence-corrected chi connectivity index (χ2v) is 23.1. The van der Waals surface area contributed by atoms with Crippen LogP contribution in [0.25, 0.3) is 0 Å². The molecule has 6 heteroatoms. The molecular weight excluding hydrogens is 973 g/mol. The van der Waals surface area contributed by atoms with Crippen molar-refractivity contribution < 1.29 is 28.6 Å². The van der Waals surface area contributed by atoms with Crippen molar-refractivity contribution >= 4 is 17.9 Å². The molecule has 458 valence electrons. The van der Waals surface area contributed by atoms with Gasteiger partial charge in [0.2, 0.25) is 0 Å². The first-order valence-corrected chi connectivity index (χ1v) is 34.4. The van der Waals surface area contributed by atoms with Gasteiger partial charge in [0.05, 0.1) is 0 Å². The third-order valence-corrected chi connectivity index (χ3v) is 15.2. The summed E-state index contributed by atoms with van der Waals surface area (Å²) in [5.74, 6) is -0.928. The molecule has 0 spiro atoms. The lowest BCUT2D eigenvalue weighted by Crippen LogP contribution is -2.30. The molecule has 1 unspecified atom stereocenters. The fourth-order valence-corrected chi connectivity index (χ4v) is 10.0. The second-order valence-electron chi connectivity index (χ2n) is 23.1. The number of rotatable bonds is 63. The quantitative estimate of drug-likeness (QED) is 0.0261. The number of ether oxygens (including phenoxy) is 3. The first-order chi connectivity index (χ1) is 39.0. The van der Waals surface area contributed by atoms with Crippen molar-refractivity contribution in [2.75, 3.05) is 13.2 Å². The molecule has 0 radical (unpaired) electrons. The Balaban J connectivity index is 4.13. The fourth-order valence-electron chi connectivity index (χ4n) is 10.0. The summed E-state index contributed by atoms with van der Waals surface area (Å²) in [4.78, 5) is 38.3. The number of hydrogen-bond acceptors (Lipinski definition) is 6. The largest absolute Gasteiger partial charge is 0.462 e. The Bertz CT molecular complexity index is 1450. The van der Waals surface area contributed by atoms with Crippen LogP contribution in [-0.4, -0.2) is 37.2 Å². The highest BCUT2D eigenvalue weighted by molar-refractivity contribution is 5.71. The van der Waals surface area contributed by atoms with E-state index in [-0.39, 0.29) is 37.5 Å². The van der Waals surface area contributed by atoms with Crippen molar-refractivity contribution in [1.29, 1.82) is 0 Å². The molecule has 0 saturated carbocycles. The Morgan fingerprint density at radius 3 is 0.823 bits per heavy atom. The average molecular weight is 1100 g/mol. The van der Waals surface area contributed by atoms with Crippen molar-refractivity contribution in [2.45, 2.75) is 361 Å². The van der Waals surface area contributed by atoms with Crippen molar-refractivity contribution in [1.82, 2.24) is 0 Å². The highest BCUT2D eigenvalue weighted by Crippen LogP contribution is 2.18. The van der Waals surface area contributed by atoms with E-state index in [1.165, 1.54) is 225 Å². The van der Waals surface area contributed by atoms with Crippen LogP contribution in [0.3, 0.4) is 0 Å². The van der Waals surface area contributed by atoms with Crippen LogP contribution in [0.4, 0.5) is 0 Å². The Labute approximate surface area is 491 Å². The zero-order chi connectivity index (χ0) is 57.1. The molecule has 1 atom stereocenters. The summed E-state index contributed by atoms with van der Waals surface area (Å²) in [6.45, 7) is 6.51. The summed E-state index contributed by atoms with van der Waals surface area (Å²) < 4.78 is 16.9. The minimum Gasteiger partial charge on any atom is -0.462 e.